The second-order valence-electron chi connectivity index (χ2n) is 4.99. The summed E-state index contributed by atoms with van der Waals surface area (Å²) in [6, 6.07) is 15.4. The molecule has 1 N–H and O–H groups in total. The number of benzene rings is 2. The van der Waals surface area contributed by atoms with Crippen molar-refractivity contribution in [1.29, 1.82) is 0 Å². The van der Waals surface area contributed by atoms with Crippen molar-refractivity contribution in [1.82, 2.24) is 5.32 Å². The average molecular weight is 253 g/mol. The third-order valence-corrected chi connectivity index (χ3v) is 3.99. The second kappa shape index (κ2) is 5.06. The van der Waals surface area contributed by atoms with Gasteiger partial charge in [-0.25, -0.2) is 0 Å². The molecule has 0 saturated carbocycles. The van der Waals surface area contributed by atoms with Crippen LogP contribution in [0, 0.1) is 0 Å². The summed E-state index contributed by atoms with van der Waals surface area (Å²) in [4.78, 5) is 0. The Morgan fingerprint density at radius 1 is 1.16 bits per heavy atom. The van der Waals surface area contributed by atoms with Crippen molar-refractivity contribution in [2.45, 2.75) is 18.9 Å². The van der Waals surface area contributed by atoms with E-state index in [9.17, 15) is 0 Å². The van der Waals surface area contributed by atoms with Gasteiger partial charge in [0, 0.05) is 11.6 Å². The monoisotopic (exact) mass is 253 g/mol. The van der Waals surface area contributed by atoms with Crippen molar-refractivity contribution in [3.05, 3.63) is 53.6 Å². The van der Waals surface area contributed by atoms with Gasteiger partial charge in [0.1, 0.15) is 5.75 Å². The highest BCUT2D eigenvalue weighted by Crippen LogP contribution is 2.36. The molecule has 98 valence electrons. The van der Waals surface area contributed by atoms with Crippen LogP contribution < -0.4 is 10.1 Å². The Balaban J connectivity index is 2.07. The van der Waals surface area contributed by atoms with E-state index in [2.05, 4.69) is 35.6 Å². The van der Waals surface area contributed by atoms with E-state index in [4.69, 9.17) is 4.74 Å². The molecular weight excluding hydrogens is 234 g/mol. The Hall–Kier alpha value is -1.80. The number of nitrogens with one attached hydrogen (secondary N) is 1. The van der Waals surface area contributed by atoms with E-state index in [1.807, 2.05) is 19.2 Å². The van der Waals surface area contributed by atoms with E-state index in [1.54, 1.807) is 7.11 Å². The van der Waals surface area contributed by atoms with Crippen LogP contribution in [0.2, 0.25) is 0 Å². The van der Waals surface area contributed by atoms with E-state index in [0.29, 0.717) is 6.04 Å². The summed E-state index contributed by atoms with van der Waals surface area (Å²) in [5, 5.41) is 3.40. The summed E-state index contributed by atoms with van der Waals surface area (Å²) >= 11 is 0. The van der Waals surface area contributed by atoms with Crippen molar-refractivity contribution >= 4 is 0 Å². The van der Waals surface area contributed by atoms with E-state index in [1.165, 1.54) is 29.5 Å². The highest BCUT2D eigenvalue weighted by Gasteiger charge is 2.21. The average Bonchev–Trinajstić information content (AvgIpc) is 2.89. The molecule has 1 aliphatic carbocycles. The zero-order chi connectivity index (χ0) is 13.2. The first kappa shape index (κ1) is 12.2. The summed E-state index contributed by atoms with van der Waals surface area (Å²) in [6.07, 6.45) is 2.37. The lowest BCUT2D eigenvalue weighted by molar-refractivity contribution is 0.416. The number of hydrogen-bond donors (Lipinski definition) is 1. The first-order chi connectivity index (χ1) is 9.33. The van der Waals surface area contributed by atoms with Gasteiger partial charge < -0.3 is 10.1 Å². The number of hydrogen-bond acceptors (Lipinski definition) is 2. The summed E-state index contributed by atoms with van der Waals surface area (Å²) in [6.45, 7) is 0. The van der Waals surface area contributed by atoms with Crippen LogP contribution in [0.3, 0.4) is 0 Å². The topological polar surface area (TPSA) is 21.3 Å². The quantitative estimate of drug-likeness (QED) is 0.903. The van der Waals surface area contributed by atoms with Crippen molar-refractivity contribution in [2.75, 3.05) is 14.2 Å². The normalized spacial score (nSPS) is 17.3. The van der Waals surface area contributed by atoms with E-state index >= 15 is 0 Å². The fourth-order valence-corrected chi connectivity index (χ4v) is 2.95. The molecule has 1 atom stereocenters. The summed E-state index contributed by atoms with van der Waals surface area (Å²) < 4.78 is 5.46. The van der Waals surface area contributed by atoms with Crippen LogP contribution in [0.4, 0.5) is 0 Å². The molecule has 1 unspecified atom stereocenters. The standard InChI is InChI=1S/C17H19NO/c1-18-16-10-9-12-7-8-13(11-15(12)16)14-5-3-4-6-17(14)19-2/h3-8,11,16,18H,9-10H2,1-2H3. The summed E-state index contributed by atoms with van der Waals surface area (Å²) in [5.41, 5.74) is 5.30. The van der Waals surface area contributed by atoms with Crippen LogP contribution in [0.15, 0.2) is 42.5 Å². The molecule has 0 aliphatic heterocycles. The van der Waals surface area contributed by atoms with Crippen LogP contribution in [-0.2, 0) is 6.42 Å². The Bertz CT molecular complexity index is 592. The number of para-hydroxylation sites is 1. The third kappa shape index (κ3) is 2.13. The van der Waals surface area contributed by atoms with Gasteiger partial charge in [0.15, 0.2) is 0 Å². The highest BCUT2D eigenvalue weighted by molar-refractivity contribution is 5.71. The Kier molecular flexibility index (Phi) is 3.26. The fourth-order valence-electron chi connectivity index (χ4n) is 2.95. The summed E-state index contributed by atoms with van der Waals surface area (Å²) in [5.74, 6) is 0.932. The van der Waals surface area contributed by atoms with Gasteiger partial charge in [-0.15, -0.1) is 0 Å². The predicted molar refractivity (Wildman–Crippen MR) is 78.6 cm³/mol. The minimum atomic E-state index is 0.490. The number of fused-ring (bicyclic) bond motifs is 1. The van der Waals surface area contributed by atoms with Gasteiger partial charge in [0.25, 0.3) is 0 Å². The molecule has 3 rings (SSSR count). The Morgan fingerprint density at radius 2 is 2.00 bits per heavy atom. The zero-order valence-electron chi connectivity index (χ0n) is 11.4. The number of aryl methyl sites for hydroxylation is 1. The minimum Gasteiger partial charge on any atom is -0.496 e. The SMILES string of the molecule is CNC1CCc2ccc(-c3ccccc3OC)cc21. The van der Waals surface area contributed by atoms with Crippen molar-refractivity contribution in [2.24, 2.45) is 0 Å². The first-order valence-electron chi connectivity index (χ1n) is 6.77. The van der Waals surface area contributed by atoms with Crippen LogP contribution in [0.5, 0.6) is 5.75 Å². The molecule has 0 saturated heterocycles. The fraction of sp³-hybridized carbons (Fsp3) is 0.294. The molecule has 2 aromatic carbocycles. The van der Waals surface area contributed by atoms with Gasteiger partial charge in [-0.2, -0.15) is 0 Å². The maximum atomic E-state index is 5.46. The van der Waals surface area contributed by atoms with E-state index in [0.717, 1.165) is 11.3 Å². The molecule has 1 aliphatic rings. The minimum absolute atomic E-state index is 0.490. The molecule has 0 bridgehead atoms. The Morgan fingerprint density at radius 3 is 2.79 bits per heavy atom. The number of methoxy groups -OCH3 is 1. The molecule has 0 fully saturated rings. The molecule has 0 aromatic heterocycles. The maximum Gasteiger partial charge on any atom is 0.126 e. The maximum absolute atomic E-state index is 5.46. The van der Waals surface area contributed by atoms with Gasteiger partial charge >= 0.3 is 0 Å². The molecule has 19 heavy (non-hydrogen) atoms. The molecular formula is C17H19NO. The van der Waals surface area contributed by atoms with Crippen molar-refractivity contribution in [3.8, 4) is 16.9 Å². The number of ether oxygens (including phenoxy) is 1. The smallest absolute Gasteiger partial charge is 0.126 e. The second-order valence-corrected chi connectivity index (χ2v) is 4.99. The largest absolute Gasteiger partial charge is 0.496 e. The van der Waals surface area contributed by atoms with Gasteiger partial charge in [-0.3, -0.25) is 0 Å². The van der Waals surface area contributed by atoms with Gasteiger partial charge in [-0.1, -0.05) is 30.3 Å². The van der Waals surface area contributed by atoms with Crippen LogP contribution in [0.1, 0.15) is 23.6 Å². The van der Waals surface area contributed by atoms with Crippen molar-refractivity contribution in [3.63, 3.8) is 0 Å². The van der Waals surface area contributed by atoms with Crippen LogP contribution in [-0.4, -0.2) is 14.2 Å². The lowest BCUT2D eigenvalue weighted by Crippen LogP contribution is -2.12. The predicted octanol–water partition coefficient (Wildman–Crippen LogP) is 3.57. The molecule has 0 heterocycles. The van der Waals surface area contributed by atoms with Crippen LogP contribution in [0.25, 0.3) is 11.1 Å². The van der Waals surface area contributed by atoms with E-state index in [-0.39, 0.29) is 0 Å². The molecule has 2 nitrogen and oxygen atoms in total. The first-order valence-corrected chi connectivity index (χ1v) is 6.77. The Labute approximate surface area is 114 Å². The van der Waals surface area contributed by atoms with Crippen molar-refractivity contribution < 1.29 is 4.74 Å². The molecule has 2 aromatic rings. The van der Waals surface area contributed by atoms with E-state index < -0.39 is 0 Å². The van der Waals surface area contributed by atoms with Gasteiger partial charge in [0.2, 0.25) is 0 Å². The molecule has 0 spiro atoms. The van der Waals surface area contributed by atoms with Crippen LogP contribution >= 0.6 is 0 Å². The van der Waals surface area contributed by atoms with Gasteiger partial charge in [-0.05, 0) is 48.7 Å². The molecule has 0 radical (unpaired) electrons. The molecule has 0 amide bonds. The van der Waals surface area contributed by atoms with Gasteiger partial charge in [0.05, 0.1) is 7.11 Å². The lowest BCUT2D eigenvalue weighted by Gasteiger charge is -2.13. The summed E-state index contributed by atoms with van der Waals surface area (Å²) in [7, 11) is 3.76. The lowest BCUT2D eigenvalue weighted by atomic mass is 9.98. The third-order valence-electron chi connectivity index (χ3n) is 3.99. The zero-order valence-corrected chi connectivity index (χ0v) is 11.4. The molecule has 2 heteroatoms. The highest BCUT2D eigenvalue weighted by atomic mass is 16.5. The number of rotatable bonds is 3.